The fourth-order valence-electron chi connectivity index (χ4n) is 2.47. The Morgan fingerprint density at radius 2 is 1.73 bits per heavy atom. The lowest BCUT2D eigenvalue weighted by Gasteiger charge is -2.24. The summed E-state index contributed by atoms with van der Waals surface area (Å²) < 4.78 is 6.60. The van der Waals surface area contributed by atoms with Crippen molar-refractivity contribution in [3.05, 3.63) is 35.4 Å². The van der Waals surface area contributed by atoms with Crippen molar-refractivity contribution in [1.82, 2.24) is 12.9 Å². The van der Waals surface area contributed by atoms with E-state index < -0.39 is 5.97 Å². The lowest BCUT2D eigenvalue weighted by Crippen LogP contribution is -2.33. The van der Waals surface area contributed by atoms with Crippen LogP contribution in [-0.2, 0) is 6.54 Å². The standard InChI is InChI=1S/C16H24IN3O2/c1-17-20-11-8-18(2)7-9-19(10-12-20)13-14-3-5-15(6-4-14)16(21)22/h3-6H,1,7-13H2,2H3,(H,21,22). The lowest BCUT2D eigenvalue weighted by molar-refractivity contribution is 0.0697. The smallest absolute Gasteiger partial charge is 0.335 e. The highest BCUT2D eigenvalue weighted by molar-refractivity contribution is 14.2. The summed E-state index contributed by atoms with van der Waals surface area (Å²) in [6.07, 6.45) is 0. The maximum Gasteiger partial charge on any atom is 0.335 e. The van der Waals surface area contributed by atoms with Gasteiger partial charge < -0.3 is 10.0 Å². The highest BCUT2D eigenvalue weighted by Gasteiger charge is 2.13. The molecule has 1 fully saturated rings. The molecule has 0 spiro atoms. The van der Waals surface area contributed by atoms with Crippen LogP contribution in [0.4, 0.5) is 0 Å². The molecule has 0 bridgehead atoms. The summed E-state index contributed by atoms with van der Waals surface area (Å²) in [5.41, 5.74) is 1.52. The van der Waals surface area contributed by atoms with Crippen molar-refractivity contribution >= 4 is 31.5 Å². The van der Waals surface area contributed by atoms with Crippen molar-refractivity contribution in [1.29, 1.82) is 0 Å². The van der Waals surface area contributed by atoms with Gasteiger partial charge in [-0.05, 0) is 45.7 Å². The molecule has 1 saturated heterocycles. The SMILES string of the molecule is C=IN1CCN(C)CCN(Cc2ccc(C(=O)O)cc2)CC1. The van der Waals surface area contributed by atoms with Crippen LogP contribution in [-0.4, -0.2) is 74.8 Å². The number of carboxylic acid groups (broad SMARTS) is 1. The Morgan fingerprint density at radius 1 is 1.14 bits per heavy atom. The fourth-order valence-corrected chi connectivity index (χ4v) is 3.58. The number of hydrogen-bond donors (Lipinski definition) is 1. The van der Waals surface area contributed by atoms with Gasteiger partial charge >= 0.3 is 5.97 Å². The van der Waals surface area contributed by atoms with Crippen LogP contribution in [0.15, 0.2) is 24.3 Å². The molecule has 1 aliphatic rings. The summed E-state index contributed by atoms with van der Waals surface area (Å²) in [5, 5.41) is 8.96. The number of carboxylic acids is 1. The number of hydrogen-bond acceptors (Lipinski definition) is 4. The van der Waals surface area contributed by atoms with Gasteiger partial charge in [0.05, 0.1) is 5.56 Å². The molecule has 0 saturated carbocycles. The number of carbonyl (C=O) groups is 1. The summed E-state index contributed by atoms with van der Waals surface area (Å²) in [4.78, 5) is 15.7. The number of nitrogens with zero attached hydrogens (tertiary/aromatic N) is 3. The Labute approximate surface area is 142 Å². The molecular formula is C16H24IN3O2. The molecule has 0 unspecified atom stereocenters. The fraction of sp³-hybridized carbons (Fsp3) is 0.500. The number of halogens is 1. The predicted octanol–water partition coefficient (Wildman–Crippen LogP) is 1.75. The summed E-state index contributed by atoms with van der Waals surface area (Å²) >= 11 is -0.102. The second-order valence-electron chi connectivity index (χ2n) is 5.61. The van der Waals surface area contributed by atoms with Crippen molar-refractivity contribution in [3.8, 4) is 0 Å². The molecule has 122 valence electrons. The quantitative estimate of drug-likeness (QED) is 0.598. The lowest BCUT2D eigenvalue weighted by atomic mass is 10.1. The minimum Gasteiger partial charge on any atom is -0.478 e. The average Bonchev–Trinajstić information content (AvgIpc) is 2.60. The third kappa shape index (κ3) is 5.42. The van der Waals surface area contributed by atoms with Crippen LogP contribution < -0.4 is 0 Å². The largest absolute Gasteiger partial charge is 0.478 e. The molecule has 1 aliphatic heterocycles. The van der Waals surface area contributed by atoms with Crippen LogP contribution in [0.3, 0.4) is 0 Å². The Balaban J connectivity index is 1.99. The predicted molar refractivity (Wildman–Crippen MR) is 98.9 cm³/mol. The van der Waals surface area contributed by atoms with E-state index in [0.29, 0.717) is 5.56 Å². The van der Waals surface area contributed by atoms with E-state index in [1.165, 1.54) is 5.56 Å². The first-order chi connectivity index (χ1) is 10.6. The third-order valence-electron chi connectivity index (χ3n) is 3.96. The first-order valence-electron chi connectivity index (χ1n) is 7.45. The van der Waals surface area contributed by atoms with Crippen LogP contribution in [0.2, 0.25) is 0 Å². The van der Waals surface area contributed by atoms with E-state index in [0.717, 1.165) is 45.8 Å². The van der Waals surface area contributed by atoms with Crippen molar-refractivity contribution < 1.29 is 9.90 Å². The second-order valence-corrected chi connectivity index (χ2v) is 7.66. The molecule has 5 nitrogen and oxygen atoms in total. The molecule has 1 N–H and O–H groups in total. The molecule has 0 aliphatic carbocycles. The van der Waals surface area contributed by atoms with Gasteiger partial charge in [-0.2, -0.15) is 0 Å². The van der Waals surface area contributed by atoms with Crippen molar-refractivity contribution in [3.63, 3.8) is 0 Å². The normalized spacial score (nSPS) is 19.3. The third-order valence-corrected chi connectivity index (χ3v) is 5.89. The molecule has 6 heteroatoms. The molecule has 1 heterocycles. The zero-order valence-electron chi connectivity index (χ0n) is 13.0. The van der Waals surface area contributed by atoms with Crippen molar-refractivity contribution in [2.24, 2.45) is 0 Å². The minimum absolute atomic E-state index is 0.102. The molecule has 1 aromatic carbocycles. The molecule has 0 radical (unpaired) electrons. The summed E-state index contributed by atoms with van der Waals surface area (Å²) in [6.45, 7) is 7.33. The van der Waals surface area contributed by atoms with E-state index >= 15 is 0 Å². The van der Waals surface area contributed by atoms with Gasteiger partial charge in [0.1, 0.15) is 0 Å². The summed E-state index contributed by atoms with van der Waals surface area (Å²) in [6, 6.07) is 7.22. The molecule has 0 amide bonds. The Hall–Kier alpha value is -0.830. The molecule has 0 atom stereocenters. The first-order valence-corrected chi connectivity index (χ1v) is 9.94. The monoisotopic (exact) mass is 417 g/mol. The van der Waals surface area contributed by atoms with Crippen LogP contribution >= 0.6 is 21.0 Å². The van der Waals surface area contributed by atoms with Gasteiger partial charge in [0, 0.05) is 45.8 Å². The summed E-state index contributed by atoms with van der Waals surface area (Å²) in [5.74, 6) is -0.870. The average molecular weight is 417 g/mol. The first kappa shape index (κ1) is 17.5. The van der Waals surface area contributed by atoms with Crippen molar-refractivity contribution in [2.75, 3.05) is 46.3 Å². The maximum atomic E-state index is 10.9. The van der Waals surface area contributed by atoms with E-state index in [1.807, 2.05) is 12.1 Å². The van der Waals surface area contributed by atoms with Crippen LogP contribution in [0, 0.1) is 0 Å². The second kappa shape index (κ2) is 8.71. The molecule has 0 aromatic heterocycles. The van der Waals surface area contributed by atoms with E-state index in [1.54, 1.807) is 12.1 Å². The number of benzene rings is 1. The molecule has 1 aromatic rings. The number of rotatable bonds is 4. The highest BCUT2D eigenvalue weighted by atomic mass is 127. The zero-order chi connectivity index (χ0) is 15.9. The van der Waals surface area contributed by atoms with Gasteiger partial charge in [0.2, 0.25) is 0 Å². The van der Waals surface area contributed by atoms with E-state index in [4.69, 9.17) is 5.11 Å². The van der Waals surface area contributed by atoms with Gasteiger partial charge in [-0.1, -0.05) is 16.6 Å². The van der Waals surface area contributed by atoms with E-state index in [-0.39, 0.29) is 21.0 Å². The van der Waals surface area contributed by atoms with Gasteiger partial charge in [-0.15, -0.1) is 0 Å². The molecule has 2 rings (SSSR count). The minimum atomic E-state index is -0.870. The Bertz CT molecular complexity index is 507. The Kier molecular flexibility index (Phi) is 6.94. The van der Waals surface area contributed by atoms with E-state index in [2.05, 4.69) is 24.5 Å². The van der Waals surface area contributed by atoms with Gasteiger partial charge in [-0.25, -0.2) is 4.79 Å². The van der Waals surface area contributed by atoms with Crippen LogP contribution in [0.1, 0.15) is 15.9 Å². The molecular weight excluding hydrogens is 393 g/mol. The van der Waals surface area contributed by atoms with E-state index in [9.17, 15) is 4.79 Å². The van der Waals surface area contributed by atoms with Gasteiger partial charge in [0.25, 0.3) is 0 Å². The maximum absolute atomic E-state index is 10.9. The zero-order valence-corrected chi connectivity index (χ0v) is 15.2. The highest BCUT2D eigenvalue weighted by Crippen LogP contribution is 2.11. The van der Waals surface area contributed by atoms with Crippen LogP contribution in [0.25, 0.3) is 0 Å². The van der Waals surface area contributed by atoms with Crippen LogP contribution in [0.5, 0.6) is 0 Å². The topological polar surface area (TPSA) is 47.0 Å². The Morgan fingerprint density at radius 3 is 2.36 bits per heavy atom. The summed E-state index contributed by atoms with van der Waals surface area (Å²) in [7, 11) is 2.17. The number of likely N-dealkylation sites (N-methyl/N-ethyl adjacent to an activating group) is 1. The number of aromatic carboxylic acids is 1. The van der Waals surface area contributed by atoms with Gasteiger partial charge in [0.15, 0.2) is 0 Å². The molecule has 22 heavy (non-hydrogen) atoms. The van der Waals surface area contributed by atoms with Gasteiger partial charge in [-0.3, -0.25) is 8.01 Å². The van der Waals surface area contributed by atoms with Crippen molar-refractivity contribution in [2.45, 2.75) is 6.54 Å².